The van der Waals surface area contributed by atoms with Crippen LogP contribution in [-0.2, 0) is 6.54 Å². The van der Waals surface area contributed by atoms with E-state index in [-0.39, 0.29) is 0 Å². The van der Waals surface area contributed by atoms with Crippen LogP contribution in [0.3, 0.4) is 0 Å². The fourth-order valence-corrected chi connectivity index (χ4v) is 1.85. The quantitative estimate of drug-likeness (QED) is 0.794. The molecule has 7 heteroatoms. The average molecular weight is 256 g/mol. The second kappa shape index (κ2) is 4.95. The minimum atomic E-state index is 0.346. The Morgan fingerprint density at radius 1 is 1.62 bits per heavy atom. The second-order valence-corrected chi connectivity index (χ2v) is 4.15. The molecule has 3 nitrogen and oxygen atoms in total. The molecule has 0 saturated carbocycles. The van der Waals surface area contributed by atoms with Gasteiger partial charge in [-0.3, -0.25) is 0 Å². The largest absolute Gasteiger partial charge is 0.366 e. The van der Waals surface area contributed by atoms with Crippen LogP contribution in [0.15, 0.2) is 0 Å². The molecule has 72 valence electrons. The molecule has 2 N–H and O–H groups in total. The van der Waals surface area contributed by atoms with E-state index in [4.69, 9.17) is 35.4 Å². The first-order valence-electron chi connectivity index (χ1n) is 3.40. The summed E-state index contributed by atoms with van der Waals surface area (Å²) in [5, 5.41) is 7.15. The van der Waals surface area contributed by atoms with Gasteiger partial charge < -0.3 is 10.6 Å². The zero-order chi connectivity index (χ0) is 9.84. The molecule has 13 heavy (non-hydrogen) atoms. The fourth-order valence-electron chi connectivity index (χ4n) is 0.649. The van der Waals surface area contributed by atoms with Crippen LogP contribution in [0.1, 0.15) is 4.88 Å². The minimum Gasteiger partial charge on any atom is -0.366 e. The van der Waals surface area contributed by atoms with Crippen molar-refractivity contribution in [1.29, 1.82) is 0 Å². The van der Waals surface area contributed by atoms with Crippen molar-refractivity contribution in [3.63, 3.8) is 0 Å². The highest BCUT2D eigenvalue weighted by Crippen LogP contribution is 2.28. The molecular weight excluding hydrogens is 249 g/mol. The Labute approximate surface area is 95.6 Å². The topological polar surface area (TPSA) is 37.0 Å². The molecule has 0 aliphatic heterocycles. The third-order valence-corrected chi connectivity index (χ3v) is 3.48. The summed E-state index contributed by atoms with van der Waals surface area (Å²) >= 11 is 17.7. The molecule has 0 fully saturated rings. The number of nitrogens with zero attached hydrogens (tertiary/aromatic N) is 1. The van der Waals surface area contributed by atoms with Crippen LogP contribution in [0.4, 0.5) is 0 Å². The molecule has 1 heterocycles. The predicted molar refractivity (Wildman–Crippen MR) is 60.6 cm³/mol. The zero-order valence-corrected chi connectivity index (χ0v) is 9.87. The summed E-state index contributed by atoms with van der Waals surface area (Å²) < 4.78 is 3.89. The maximum absolute atomic E-state index is 5.85. The molecule has 0 aliphatic rings. The van der Waals surface area contributed by atoms with Crippen molar-refractivity contribution in [2.45, 2.75) is 6.54 Å². The van der Waals surface area contributed by atoms with Gasteiger partial charge in [0.25, 0.3) is 0 Å². The van der Waals surface area contributed by atoms with Crippen molar-refractivity contribution in [1.82, 2.24) is 15.0 Å². The van der Waals surface area contributed by atoms with Gasteiger partial charge in [-0.2, -0.15) is 4.37 Å². The van der Waals surface area contributed by atoms with Gasteiger partial charge in [0.15, 0.2) is 10.3 Å². The highest BCUT2D eigenvalue weighted by Gasteiger charge is 2.09. The van der Waals surface area contributed by atoms with Gasteiger partial charge in [-0.25, -0.2) is 0 Å². The van der Waals surface area contributed by atoms with E-state index >= 15 is 0 Å². The van der Waals surface area contributed by atoms with Crippen LogP contribution < -0.4 is 10.6 Å². The average Bonchev–Trinajstić information content (AvgIpc) is 2.44. The van der Waals surface area contributed by atoms with Crippen molar-refractivity contribution in [3.8, 4) is 0 Å². The van der Waals surface area contributed by atoms with Crippen LogP contribution in [0.5, 0.6) is 0 Å². The molecule has 0 atom stereocenters. The van der Waals surface area contributed by atoms with Crippen molar-refractivity contribution < 1.29 is 0 Å². The summed E-state index contributed by atoms with van der Waals surface area (Å²) in [4.78, 5) is 0.879. The van der Waals surface area contributed by atoms with Gasteiger partial charge in [0.2, 0.25) is 0 Å². The number of rotatable bonds is 2. The molecular formula is C6H7Cl2N3S2. The monoisotopic (exact) mass is 255 g/mol. The lowest BCUT2D eigenvalue weighted by Gasteiger charge is -2.04. The third-order valence-electron chi connectivity index (χ3n) is 1.30. The lowest BCUT2D eigenvalue weighted by atomic mass is 10.5. The second-order valence-electron chi connectivity index (χ2n) is 2.14. The molecule has 1 rings (SSSR count). The molecule has 0 amide bonds. The predicted octanol–water partition coefficient (Wildman–Crippen LogP) is 2.04. The molecule has 0 saturated heterocycles. The molecule has 0 radical (unpaired) electrons. The lowest BCUT2D eigenvalue weighted by molar-refractivity contribution is 0.907. The van der Waals surface area contributed by atoms with Crippen LogP contribution in [0, 0.1) is 0 Å². The summed E-state index contributed by atoms with van der Waals surface area (Å²) in [6.07, 6.45) is 0. The Kier molecular flexibility index (Phi) is 4.18. The van der Waals surface area contributed by atoms with E-state index in [1.54, 1.807) is 7.05 Å². The smallest absolute Gasteiger partial charge is 0.166 e. The summed E-state index contributed by atoms with van der Waals surface area (Å²) in [5.74, 6) is 0. The maximum Gasteiger partial charge on any atom is 0.166 e. The Bertz CT molecular complexity index is 313. The number of nitrogens with one attached hydrogen (secondary N) is 2. The van der Waals surface area contributed by atoms with Crippen molar-refractivity contribution in [2.24, 2.45) is 0 Å². The Morgan fingerprint density at radius 2 is 2.31 bits per heavy atom. The van der Waals surface area contributed by atoms with E-state index in [0.29, 0.717) is 21.8 Å². The standard InChI is InChI=1S/C6H7Cl2N3S2/c1-9-6(12)10-2-3-4(7)5(8)11-13-3/h2H2,1H3,(H2,9,10,12). The highest BCUT2D eigenvalue weighted by atomic mass is 35.5. The molecule has 1 aromatic rings. The molecule has 0 bridgehead atoms. The normalized spacial score (nSPS) is 9.77. The highest BCUT2D eigenvalue weighted by molar-refractivity contribution is 7.80. The van der Waals surface area contributed by atoms with Crippen molar-refractivity contribution >= 4 is 52.1 Å². The summed E-state index contributed by atoms with van der Waals surface area (Å²) in [6.45, 7) is 0.545. The van der Waals surface area contributed by atoms with E-state index < -0.39 is 0 Å². The SMILES string of the molecule is CNC(=S)NCc1snc(Cl)c1Cl. The number of hydrogen-bond acceptors (Lipinski definition) is 3. The lowest BCUT2D eigenvalue weighted by Crippen LogP contribution is -2.31. The van der Waals surface area contributed by atoms with Gasteiger partial charge in [-0.05, 0) is 23.8 Å². The number of halogens is 2. The molecule has 0 unspecified atom stereocenters. The minimum absolute atomic E-state index is 0.346. The first-order chi connectivity index (χ1) is 6.15. The number of thiocarbonyl (C=S) groups is 1. The number of hydrogen-bond donors (Lipinski definition) is 2. The van der Waals surface area contributed by atoms with Gasteiger partial charge in [-0.15, -0.1) is 0 Å². The van der Waals surface area contributed by atoms with E-state index in [1.165, 1.54) is 11.5 Å². The van der Waals surface area contributed by atoms with Crippen LogP contribution in [0.2, 0.25) is 10.2 Å². The van der Waals surface area contributed by atoms with Gasteiger partial charge in [0.1, 0.15) is 0 Å². The van der Waals surface area contributed by atoms with Crippen LogP contribution in [-0.4, -0.2) is 16.5 Å². The first kappa shape index (κ1) is 11.0. The van der Waals surface area contributed by atoms with Crippen LogP contribution in [0.25, 0.3) is 0 Å². The van der Waals surface area contributed by atoms with E-state index in [1.807, 2.05) is 0 Å². The fraction of sp³-hybridized carbons (Fsp3) is 0.333. The number of aromatic nitrogens is 1. The summed E-state index contributed by atoms with van der Waals surface area (Å²) in [5.41, 5.74) is 0. The third kappa shape index (κ3) is 2.95. The molecule has 0 aromatic carbocycles. The maximum atomic E-state index is 5.85. The Morgan fingerprint density at radius 3 is 2.77 bits per heavy atom. The summed E-state index contributed by atoms with van der Waals surface area (Å²) in [6, 6.07) is 0. The van der Waals surface area contributed by atoms with E-state index in [9.17, 15) is 0 Å². The van der Waals surface area contributed by atoms with Crippen molar-refractivity contribution in [3.05, 3.63) is 15.1 Å². The van der Waals surface area contributed by atoms with Crippen LogP contribution >= 0.6 is 47.0 Å². The van der Waals surface area contributed by atoms with Gasteiger partial charge >= 0.3 is 0 Å². The Balaban J connectivity index is 2.55. The van der Waals surface area contributed by atoms with E-state index in [0.717, 1.165) is 4.88 Å². The molecule has 1 aromatic heterocycles. The van der Waals surface area contributed by atoms with E-state index in [2.05, 4.69) is 15.0 Å². The van der Waals surface area contributed by atoms with Gasteiger partial charge in [-0.1, -0.05) is 23.2 Å². The van der Waals surface area contributed by atoms with Gasteiger partial charge in [0, 0.05) is 7.05 Å². The van der Waals surface area contributed by atoms with Crippen molar-refractivity contribution in [2.75, 3.05) is 7.05 Å². The Hall–Kier alpha value is -0.100. The molecule has 0 spiro atoms. The molecule has 0 aliphatic carbocycles. The van der Waals surface area contributed by atoms with Gasteiger partial charge in [0.05, 0.1) is 16.4 Å². The summed E-state index contributed by atoms with van der Waals surface area (Å²) in [7, 11) is 1.75. The zero-order valence-electron chi connectivity index (χ0n) is 6.73. The first-order valence-corrected chi connectivity index (χ1v) is 5.34.